The zero-order valence-electron chi connectivity index (χ0n) is 13.2. The predicted molar refractivity (Wildman–Crippen MR) is 95.5 cm³/mol. The molecule has 0 aliphatic carbocycles. The number of phenolic OH excluding ortho intramolecular Hbond substituents is 1. The minimum atomic E-state index is -0.293. The first-order valence-electron chi connectivity index (χ1n) is 7.67. The Bertz CT molecular complexity index is 920. The van der Waals surface area contributed by atoms with Gasteiger partial charge in [0.05, 0.1) is 11.3 Å². The van der Waals surface area contributed by atoms with Crippen molar-refractivity contribution in [1.29, 1.82) is 0 Å². The number of hydrogen-bond acceptors (Lipinski definition) is 3. The minimum absolute atomic E-state index is 0.0829. The summed E-state index contributed by atoms with van der Waals surface area (Å²) in [6.45, 7) is 2.12. The Labute approximate surface area is 145 Å². The Kier molecular flexibility index (Phi) is 4.67. The highest BCUT2D eigenvalue weighted by Gasteiger charge is 2.16. The van der Waals surface area contributed by atoms with Crippen molar-refractivity contribution in [1.82, 2.24) is 9.55 Å². The first kappa shape index (κ1) is 16.3. The van der Waals surface area contributed by atoms with Crippen LogP contribution in [0, 0.1) is 6.92 Å². The highest BCUT2D eigenvalue weighted by molar-refractivity contribution is 6.31. The lowest BCUT2D eigenvalue weighted by Crippen LogP contribution is -2.25. The molecule has 0 bridgehead atoms. The third kappa shape index (κ3) is 3.19. The molecule has 0 saturated heterocycles. The van der Waals surface area contributed by atoms with E-state index in [0.717, 1.165) is 5.56 Å². The van der Waals surface area contributed by atoms with Crippen molar-refractivity contribution in [2.45, 2.75) is 19.9 Å². The summed E-state index contributed by atoms with van der Waals surface area (Å²) in [6.07, 6.45) is 0.669. The number of aromatic hydroxyl groups is 1. The van der Waals surface area contributed by atoms with Crippen LogP contribution in [0.1, 0.15) is 11.3 Å². The summed E-state index contributed by atoms with van der Waals surface area (Å²) in [7, 11) is 0. The zero-order valence-corrected chi connectivity index (χ0v) is 14.0. The number of halogens is 1. The molecular formula is C19H17ClN2O2. The first-order chi connectivity index (χ1) is 11.6. The van der Waals surface area contributed by atoms with E-state index in [1.54, 1.807) is 31.2 Å². The molecule has 5 heteroatoms. The molecule has 0 amide bonds. The predicted octanol–water partition coefficient (Wildman–Crippen LogP) is 3.82. The van der Waals surface area contributed by atoms with E-state index in [9.17, 15) is 9.90 Å². The number of benzene rings is 2. The molecule has 3 aromatic rings. The first-order valence-corrected chi connectivity index (χ1v) is 8.05. The van der Waals surface area contributed by atoms with Crippen LogP contribution in [-0.2, 0) is 13.0 Å². The molecule has 1 heterocycles. The molecule has 0 saturated carbocycles. The van der Waals surface area contributed by atoms with Gasteiger partial charge in [0.15, 0.2) is 0 Å². The lowest BCUT2D eigenvalue weighted by Gasteiger charge is -2.15. The number of para-hydroxylation sites is 1. The molecule has 3 rings (SSSR count). The summed E-state index contributed by atoms with van der Waals surface area (Å²) in [5, 5.41) is 10.2. The van der Waals surface area contributed by atoms with Gasteiger partial charge in [0.1, 0.15) is 16.6 Å². The number of hydrogen-bond donors (Lipinski definition) is 1. The van der Waals surface area contributed by atoms with E-state index in [0.29, 0.717) is 30.0 Å². The summed E-state index contributed by atoms with van der Waals surface area (Å²) in [4.78, 5) is 17.1. The molecule has 0 spiro atoms. The summed E-state index contributed by atoms with van der Waals surface area (Å²) in [5.41, 5.74) is 1.79. The number of nitrogens with zero attached hydrogens (tertiary/aromatic N) is 2. The molecule has 122 valence electrons. The summed E-state index contributed by atoms with van der Waals surface area (Å²) in [5.74, 6) is 0.510. The standard InChI is InChI=1S/C19H17ClN2O2/c1-13-17(20)19(24)22(12-11-14-7-3-2-4-8-14)18(21-13)15-9-5-6-10-16(15)23/h2-10,23H,11-12H2,1H3. The third-order valence-corrected chi connectivity index (χ3v) is 4.33. The second-order valence-electron chi connectivity index (χ2n) is 5.54. The third-order valence-electron chi connectivity index (χ3n) is 3.89. The van der Waals surface area contributed by atoms with E-state index in [1.165, 1.54) is 4.57 Å². The van der Waals surface area contributed by atoms with Crippen molar-refractivity contribution in [3.63, 3.8) is 0 Å². The molecule has 2 aromatic carbocycles. The van der Waals surface area contributed by atoms with Crippen LogP contribution < -0.4 is 5.56 Å². The van der Waals surface area contributed by atoms with Crippen LogP contribution in [0.2, 0.25) is 5.02 Å². The fourth-order valence-electron chi connectivity index (χ4n) is 2.60. The SMILES string of the molecule is Cc1nc(-c2ccccc2O)n(CCc2ccccc2)c(=O)c1Cl. The number of phenols is 1. The van der Waals surface area contributed by atoms with Crippen LogP contribution in [0.3, 0.4) is 0 Å². The molecular weight excluding hydrogens is 324 g/mol. The van der Waals surface area contributed by atoms with Gasteiger partial charge in [-0.15, -0.1) is 0 Å². The summed E-state index contributed by atoms with van der Waals surface area (Å²) < 4.78 is 1.53. The van der Waals surface area contributed by atoms with E-state index in [4.69, 9.17) is 11.6 Å². The molecule has 0 aliphatic rings. The summed E-state index contributed by atoms with van der Waals surface area (Å²) >= 11 is 6.11. The fraction of sp³-hybridized carbons (Fsp3) is 0.158. The molecule has 24 heavy (non-hydrogen) atoms. The van der Waals surface area contributed by atoms with Gasteiger partial charge in [0.2, 0.25) is 0 Å². The minimum Gasteiger partial charge on any atom is -0.507 e. The second kappa shape index (κ2) is 6.89. The highest BCUT2D eigenvalue weighted by atomic mass is 35.5. The topological polar surface area (TPSA) is 55.1 Å². The maximum absolute atomic E-state index is 12.6. The average Bonchev–Trinajstić information content (AvgIpc) is 2.60. The second-order valence-corrected chi connectivity index (χ2v) is 5.92. The molecule has 0 aliphatic heterocycles. The Morgan fingerprint density at radius 1 is 1.08 bits per heavy atom. The van der Waals surface area contributed by atoms with Crippen molar-refractivity contribution in [3.05, 3.63) is 81.2 Å². The van der Waals surface area contributed by atoms with Gasteiger partial charge < -0.3 is 5.11 Å². The Hall–Kier alpha value is -2.59. The largest absolute Gasteiger partial charge is 0.507 e. The maximum atomic E-state index is 12.6. The van der Waals surface area contributed by atoms with Crippen LogP contribution in [-0.4, -0.2) is 14.7 Å². The van der Waals surface area contributed by atoms with Gasteiger partial charge in [-0.2, -0.15) is 0 Å². The zero-order chi connectivity index (χ0) is 17.1. The van der Waals surface area contributed by atoms with Gasteiger partial charge in [-0.3, -0.25) is 9.36 Å². The van der Waals surface area contributed by atoms with E-state index < -0.39 is 0 Å². The Balaban J connectivity index is 2.08. The monoisotopic (exact) mass is 340 g/mol. The lowest BCUT2D eigenvalue weighted by atomic mass is 10.1. The number of aromatic nitrogens is 2. The summed E-state index contributed by atoms with van der Waals surface area (Å²) in [6, 6.07) is 16.7. The van der Waals surface area contributed by atoms with Gasteiger partial charge >= 0.3 is 0 Å². The maximum Gasteiger partial charge on any atom is 0.272 e. The average molecular weight is 341 g/mol. The van der Waals surface area contributed by atoms with Crippen LogP contribution in [0.5, 0.6) is 5.75 Å². The van der Waals surface area contributed by atoms with Crippen molar-refractivity contribution in [3.8, 4) is 17.1 Å². The van der Waals surface area contributed by atoms with E-state index >= 15 is 0 Å². The van der Waals surface area contributed by atoms with Crippen molar-refractivity contribution in [2.75, 3.05) is 0 Å². The van der Waals surface area contributed by atoms with Crippen LogP contribution >= 0.6 is 11.6 Å². The quantitative estimate of drug-likeness (QED) is 0.785. The molecule has 0 radical (unpaired) electrons. The number of aryl methyl sites for hydroxylation is 2. The van der Waals surface area contributed by atoms with E-state index in [2.05, 4.69) is 4.98 Å². The Morgan fingerprint density at radius 2 is 1.75 bits per heavy atom. The van der Waals surface area contributed by atoms with Gasteiger partial charge in [0.25, 0.3) is 5.56 Å². The molecule has 1 aromatic heterocycles. The van der Waals surface area contributed by atoms with E-state index in [1.807, 2.05) is 30.3 Å². The van der Waals surface area contributed by atoms with Gasteiger partial charge in [-0.05, 0) is 31.0 Å². The molecule has 4 nitrogen and oxygen atoms in total. The normalized spacial score (nSPS) is 10.8. The van der Waals surface area contributed by atoms with Crippen LogP contribution in [0.4, 0.5) is 0 Å². The highest BCUT2D eigenvalue weighted by Crippen LogP contribution is 2.27. The van der Waals surface area contributed by atoms with Crippen molar-refractivity contribution < 1.29 is 5.11 Å². The van der Waals surface area contributed by atoms with Gasteiger partial charge in [-0.1, -0.05) is 54.1 Å². The Morgan fingerprint density at radius 3 is 2.46 bits per heavy atom. The fourth-order valence-corrected chi connectivity index (χ4v) is 2.74. The van der Waals surface area contributed by atoms with Crippen molar-refractivity contribution in [2.24, 2.45) is 0 Å². The van der Waals surface area contributed by atoms with Crippen LogP contribution in [0.25, 0.3) is 11.4 Å². The van der Waals surface area contributed by atoms with Crippen LogP contribution in [0.15, 0.2) is 59.4 Å². The number of rotatable bonds is 4. The van der Waals surface area contributed by atoms with Gasteiger partial charge in [-0.25, -0.2) is 4.98 Å². The molecule has 0 atom stereocenters. The van der Waals surface area contributed by atoms with Gasteiger partial charge in [0, 0.05) is 6.54 Å². The molecule has 0 unspecified atom stereocenters. The molecule has 0 fully saturated rings. The lowest BCUT2D eigenvalue weighted by molar-refractivity contribution is 0.476. The molecule has 1 N–H and O–H groups in total. The van der Waals surface area contributed by atoms with Crippen molar-refractivity contribution >= 4 is 11.6 Å². The smallest absolute Gasteiger partial charge is 0.272 e. The van der Waals surface area contributed by atoms with E-state index in [-0.39, 0.29) is 16.3 Å².